The van der Waals surface area contributed by atoms with E-state index in [0.29, 0.717) is 11.2 Å². The highest BCUT2D eigenvalue weighted by atomic mass is 15.3. The lowest BCUT2D eigenvalue weighted by Crippen LogP contribution is -2.13. The minimum absolute atomic E-state index is 0.00684. The molecule has 0 fully saturated rings. The van der Waals surface area contributed by atoms with Crippen LogP contribution in [0, 0.1) is 5.41 Å². The highest BCUT2D eigenvalue weighted by Gasteiger charge is 2.10. The van der Waals surface area contributed by atoms with Crippen molar-refractivity contribution in [3.63, 3.8) is 0 Å². The second-order valence-corrected chi connectivity index (χ2v) is 3.91. The molecule has 0 amide bonds. The lowest BCUT2D eigenvalue weighted by Gasteiger charge is -2.07. The van der Waals surface area contributed by atoms with E-state index in [4.69, 9.17) is 11.1 Å². The number of amidine groups is 1. The molecule has 2 aromatic heterocycles. The first-order valence-corrected chi connectivity index (χ1v) is 5.50. The van der Waals surface area contributed by atoms with Crippen LogP contribution in [-0.2, 0) is 0 Å². The molecule has 1 aromatic carbocycles. The molecular formula is C13H11N5. The summed E-state index contributed by atoms with van der Waals surface area (Å²) in [5.74, 6) is -0.00684. The summed E-state index contributed by atoms with van der Waals surface area (Å²) in [5.41, 5.74) is 8.69. The number of pyridine rings is 1. The SMILES string of the molecule is N=C(N)c1ccc(-c2ccccc2)n2ncnc12. The Morgan fingerprint density at radius 2 is 1.89 bits per heavy atom. The van der Waals surface area contributed by atoms with Gasteiger partial charge in [0.1, 0.15) is 12.2 Å². The van der Waals surface area contributed by atoms with Crippen LogP contribution >= 0.6 is 0 Å². The third kappa shape index (κ3) is 1.53. The fraction of sp³-hybridized carbons (Fsp3) is 0. The van der Waals surface area contributed by atoms with Crippen LogP contribution in [0.1, 0.15) is 5.56 Å². The van der Waals surface area contributed by atoms with Gasteiger partial charge in [-0.05, 0) is 12.1 Å². The molecule has 3 aromatic rings. The van der Waals surface area contributed by atoms with Crippen molar-refractivity contribution in [1.29, 1.82) is 5.41 Å². The summed E-state index contributed by atoms with van der Waals surface area (Å²) in [6, 6.07) is 13.6. The predicted octanol–water partition coefficient (Wildman–Crippen LogP) is 1.68. The smallest absolute Gasteiger partial charge is 0.166 e. The standard InChI is InChI=1S/C13H11N5/c14-12(15)10-6-7-11(9-4-2-1-3-5-9)18-13(10)16-8-17-18/h1-8H,(H3,14,15). The highest BCUT2D eigenvalue weighted by molar-refractivity contribution is 6.00. The molecule has 3 rings (SSSR count). The summed E-state index contributed by atoms with van der Waals surface area (Å²) in [6.45, 7) is 0. The summed E-state index contributed by atoms with van der Waals surface area (Å²) in [6.07, 6.45) is 1.47. The molecule has 0 aliphatic heterocycles. The van der Waals surface area contributed by atoms with Crippen molar-refractivity contribution in [3.8, 4) is 11.3 Å². The lowest BCUT2D eigenvalue weighted by atomic mass is 10.1. The van der Waals surface area contributed by atoms with Gasteiger partial charge >= 0.3 is 0 Å². The van der Waals surface area contributed by atoms with Crippen molar-refractivity contribution in [1.82, 2.24) is 14.6 Å². The van der Waals surface area contributed by atoms with E-state index in [2.05, 4.69) is 10.1 Å². The number of fused-ring (bicyclic) bond motifs is 1. The zero-order valence-electron chi connectivity index (χ0n) is 9.54. The molecule has 0 saturated carbocycles. The van der Waals surface area contributed by atoms with Gasteiger partial charge in [-0.15, -0.1) is 0 Å². The number of benzene rings is 1. The van der Waals surface area contributed by atoms with Crippen LogP contribution in [0.4, 0.5) is 0 Å². The van der Waals surface area contributed by atoms with Gasteiger partial charge in [-0.1, -0.05) is 30.3 Å². The maximum Gasteiger partial charge on any atom is 0.166 e. The number of hydrogen-bond acceptors (Lipinski definition) is 3. The average Bonchev–Trinajstić information content (AvgIpc) is 2.87. The van der Waals surface area contributed by atoms with Crippen molar-refractivity contribution in [2.75, 3.05) is 0 Å². The minimum Gasteiger partial charge on any atom is -0.384 e. The molecular weight excluding hydrogens is 226 g/mol. The summed E-state index contributed by atoms with van der Waals surface area (Å²) in [4.78, 5) is 4.16. The third-order valence-electron chi connectivity index (χ3n) is 2.78. The molecule has 0 radical (unpaired) electrons. The molecule has 5 heteroatoms. The highest BCUT2D eigenvalue weighted by Crippen LogP contribution is 2.21. The molecule has 0 atom stereocenters. The minimum atomic E-state index is -0.00684. The van der Waals surface area contributed by atoms with Crippen LogP contribution in [0.3, 0.4) is 0 Å². The zero-order valence-corrected chi connectivity index (χ0v) is 9.54. The Labute approximate surface area is 103 Å². The summed E-state index contributed by atoms with van der Waals surface area (Å²) >= 11 is 0. The molecule has 3 N–H and O–H groups in total. The number of nitrogens with two attached hydrogens (primary N) is 1. The Bertz CT molecular complexity index is 715. The molecule has 88 valence electrons. The van der Waals surface area contributed by atoms with Gasteiger partial charge in [0, 0.05) is 5.56 Å². The van der Waals surface area contributed by atoms with Crippen molar-refractivity contribution in [3.05, 3.63) is 54.4 Å². The molecule has 0 aliphatic carbocycles. The predicted molar refractivity (Wildman–Crippen MR) is 69.4 cm³/mol. The number of nitrogen functional groups attached to an aromatic ring is 1. The van der Waals surface area contributed by atoms with E-state index in [0.717, 1.165) is 11.3 Å². The summed E-state index contributed by atoms with van der Waals surface area (Å²) < 4.78 is 1.70. The van der Waals surface area contributed by atoms with Crippen molar-refractivity contribution >= 4 is 11.5 Å². The molecule has 0 unspecified atom stereocenters. The number of hydrogen-bond donors (Lipinski definition) is 2. The van der Waals surface area contributed by atoms with Crippen molar-refractivity contribution < 1.29 is 0 Å². The van der Waals surface area contributed by atoms with E-state index in [1.54, 1.807) is 10.6 Å². The number of aromatic nitrogens is 3. The molecule has 5 nitrogen and oxygen atoms in total. The van der Waals surface area contributed by atoms with E-state index in [9.17, 15) is 0 Å². The lowest BCUT2D eigenvalue weighted by molar-refractivity contribution is 0.968. The van der Waals surface area contributed by atoms with Crippen molar-refractivity contribution in [2.45, 2.75) is 0 Å². The first kappa shape index (κ1) is 10.5. The summed E-state index contributed by atoms with van der Waals surface area (Å²) in [7, 11) is 0. The van der Waals surface area contributed by atoms with Crippen LogP contribution in [0.5, 0.6) is 0 Å². The quantitative estimate of drug-likeness (QED) is 0.525. The molecule has 0 bridgehead atoms. The third-order valence-corrected chi connectivity index (χ3v) is 2.78. The average molecular weight is 237 g/mol. The van der Waals surface area contributed by atoms with E-state index < -0.39 is 0 Å². The Hall–Kier alpha value is -2.69. The first-order chi connectivity index (χ1) is 8.77. The van der Waals surface area contributed by atoms with Gasteiger partial charge in [-0.3, -0.25) is 5.41 Å². The zero-order chi connectivity index (χ0) is 12.5. The van der Waals surface area contributed by atoms with Gasteiger partial charge in [-0.25, -0.2) is 9.50 Å². The Kier molecular flexibility index (Phi) is 2.30. The second-order valence-electron chi connectivity index (χ2n) is 3.91. The maximum absolute atomic E-state index is 7.53. The van der Waals surface area contributed by atoms with Crippen LogP contribution in [-0.4, -0.2) is 20.4 Å². The second kappa shape index (κ2) is 3.96. The number of nitrogens with zero attached hydrogens (tertiary/aromatic N) is 3. The van der Waals surface area contributed by atoms with Gasteiger partial charge in [-0.2, -0.15) is 5.10 Å². The molecule has 0 spiro atoms. The molecule has 0 aliphatic rings. The number of rotatable bonds is 2. The van der Waals surface area contributed by atoms with Crippen LogP contribution in [0.25, 0.3) is 16.9 Å². The van der Waals surface area contributed by atoms with Crippen LogP contribution in [0.2, 0.25) is 0 Å². The van der Waals surface area contributed by atoms with E-state index in [-0.39, 0.29) is 5.84 Å². The van der Waals surface area contributed by atoms with Gasteiger partial charge in [0.15, 0.2) is 5.65 Å². The fourth-order valence-corrected chi connectivity index (χ4v) is 1.95. The Morgan fingerprint density at radius 1 is 1.11 bits per heavy atom. The maximum atomic E-state index is 7.53. The molecule has 0 saturated heterocycles. The largest absolute Gasteiger partial charge is 0.384 e. The monoisotopic (exact) mass is 237 g/mol. The van der Waals surface area contributed by atoms with Crippen LogP contribution < -0.4 is 5.73 Å². The van der Waals surface area contributed by atoms with E-state index in [1.807, 2.05) is 36.4 Å². The number of nitrogens with one attached hydrogen (secondary N) is 1. The normalized spacial score (nSPS) is 10.7. The van der Waals surface area contributed by atoms with Gasteiger partial charge in [0.2, 0.25) is 0 Å². The van der Waals surface area contributed by atoms with E-state index in [1.165, 1.54) is 6.33 Å². The Morgan fingerprint density at radius 3 is 2.61 bits per heavy atom. The molecule has 18 heavy (non-hydrogen) atoms. The Balaban J connectivity index is 2.30. The topological polar surface area (TPSA) is 80.1 Å². The summed E-state index contributed by atoms with van der Waals surface area (Å²) in [5, 5.41) is 11.7. The molecule has 2 heterocycles. The van der Waals surface area contributed by atoms with Crippen LogP contribution in [0.15, 0.2) is 48.8 Å². The van der Waals surface area contributed by atoms with Crippen molar-refractivity contribution in [2.24, 2.45) is 5.73 Å². The fourth-order valence-electron chi connectivity index (χ4n) is 1.95. The van der Waals surface area contributed by atoms with Gasteiger partial charge in [0.05, 0.1) is 11.3 Å². The van der Waals surface area contributed by atoms with E-state index >= 15 is 0 Å². The first-order valence-electron chi connectivity index (χ1n) is 5.50. The van der Waals surface area contributed by atoms with Gasteiger partial charge in [0.25, 0.3) is 0 Å². The van der Waals surface area contributed by atoms with Gasteiger partial charge < -0.3 is 5.73 Å².